The zero-order valence-electron chi connectivity index (χ0n) is 6.48. The fourth-order valence-electron chi connectivity index (χ4n) is 0. The molecule has 0 aromatic heterocycles. The summed E-state index contributed by atoms with van der Waals surface area (Å²) < 4.78 is 26.6. The first-order valence-corrected chi connectivity index (χ1v) is 4.17. The molecule has 0 radical (unpaired) electrons. The Morgan fingerprint density at radius 2 is 1.75 bits per heavy atom. The second kappa shape index (κ2) is 5.50. The van der Waals surface area contributed by atoms with Crippen LogP contribution < -0.4 is 5.11 Å². The quantitative estimate of drug-likeness (QED) is 0.463. The lowest BCUT2D eigenvalue weighted by molar-refractivity contribution is -0.299. The smallest absolute Gasteiger partial charge is 0.287 e. The van der Waals surface area contributed by atoms with Crippen molar-refractivity contribution in [2.75, 3.05) is 0 Å². The first kappa shape index (κ1) is 13.4. The van der Waals surface area contributed by atoms with Crippen LogP contribution in [-0.4, -0.2) is 18.9 Å². The first-order valence-electron chi connectivity index (χ1n) is 2.67. The predicted octanol–water partition coefficient (Wildman–Crippen LogP) is -0.670. The standard InChI is InChI=1S/C4H6O2.C2H4O3S/c1-3(2)4(5)6;1-2-6(3,4)5/h1H2,2H3,(H,5,6);2H,1H2,(H,3,4,5)/p-1. The summed E-state index contributed by atoms with van der Waals surface area (Å²) in [6.45, 7) is 7.27. The van der Waals surface area contributed by atoms with E-state index in [-0.39, 0.29) is 5.57 Å². The Kier molecular flexibility index (Phi) is 6.17. The predicted molar refractivity (Wildman–Crippen MR) is 41.6 cm³/mol. The molecule has 0 aliphatic rings. The maximum Gasteiger partial charge on any atom is 0.287 e. The Hall–Kier alpha value is -1.14. The van der Waals surface area contributed by atoms with Gasteiger partial charge in [-0.2, -0.15) is 8.42 Å². The van der Waals surface area contributed by atoms with E-state index in [1.807, 2.05) is 0 Å². The van der Waals surface area contributed by atoms with E-state index in [0.717, 1.165) is 0 Å². The van der Waals surface area contributed by atoms with Crippen molar-refractivity contribution in [2.45, 2.75) is 6.92 Å². The average Bonchev–Trinajstić information content (AvgIpc) is 1.87. The number of hydrogen-bond donors (Lipinski definition) is 1. The highest BCUT2D eigenvalue weighted by atomic mass is 32.2. The monoisotopic (exact) mass is 193 g/mol. The van der Waals surface area contributed by atoms with Gasteiger partial charge in [0, 0.05) is 0 Å². The van der Waals surface area contributed by atoms with E-state index in [1.165, 1.54) is 6.92 Å². The van der Waals surface area contributed by atoms with Gasteiger partial charge in [0.25, 0.3) is 10.1 Å². The molecule has 0 unspecified atom stereocenters. The zero-order chi connectivity index (χ0) is 10.4. The third-order valence-corrected chi connectivity index (χ3v) is 0.980. The van der Waals surface area contributed by atoms with Crippen molar-refractivity contribution in [1.29, 1.82) is 0 Å². The number of carbonyl (C=O) groups is 1. The van der Waals surface area contributed by atoms with Crippen molar-refractivity contribution in [3.8, 4) is 0 Å². The van der Waals surface area contributed by atoms with Crippen molar-refractivity contribution in [2.24, 2.45) is 0 Å². The van der Waals surface area contributed by atoms with E-state index in [2.05, 4.69) is 13.2 Å². The van der Waals surface area contributed by atoms with Crippen LogP contribution >= 0.6 is 0 Å². The van der Waals surface area contributed by atoms with Gasteiger partial charge in [-0.15, -0.1) is 0 Å². The first-order chi connectivity index (χ1) is 5.20. The minimum atomic E-state index is -3.90. The highest BCUT2D eigenvalue weighted by Gasteiger charge is 1.87. The van der Waals surface area contributed by atoms with Gasteiger partial charge in [-0.25, -0.2) is 0 Å². The van der Waals surface area contributed by atoms with Gasteiger partial charge in [0.15, 0.2) is 0 Å². The van der Waals surface area contributed by atoms with Crippen molar-refractivity contribution in [3.63, 3.8) is 0 Å². The van der Waals surface area contributed by atoms with E-state index >= 15 is 0 Å². The molecule has 0 aliphatic heterocycles. The summed E-state index contributed by atoms with van der Waals surface area (Å²) in [5.41, 5.74) is 0.0648. The molecule has 0 heterocycles. The molecule has 0 rings (SSSR count). The highest BCUT2D eigenvalue weighted by molar-refractivity contribution is 7.88. The van der Waals surface area contributed by atoms with Crippen molar-refractivity contribution in [3.05, 3.63) is 24.1 Å². The highest BCUT2D eigenvalue weighted by Crippen LogP contribution is 1.77. The lowest BCUT2D eigenvalue weighted by Crippen LogP contribution is -2.22. The molecule has 0 aliphatic carbocycles. The van der Waals surface area contributed by atoms with E-state index in [4.69, 9.17) is 4.55 Å². The van der Waals surface area contributed by atoms with Crippen LogP contribution in [0.1, 0.15) is 6.92 Å². The molecule has 0 fully saturated rings. The van der Waals surface area contributed by atoms with Crippen LogP contribution in [0.3, 0.4) is 0 Å². The number of carboxylic acids is 1. The van der Waals surface area contributed by atoms with Gasteiger partial charge in [0.1, 0.15) is 0 Å². The summed E-state index contributed by atoms with van der Waals surface area (Å²) in [5, 5.41) is 9.95. The lowest BCUT2D eigenvalue weighted by atomic mass is 10.4. The van der Waals surface area contributed by atoms with Crippen LogP contribution in [0.4, 0.5) is 0 Å². The number of aliphatic carboxylic acids is 1. The molecule has 70 valence electrons. The van der Waals surface area contributed by atoms with E-state index in [9.17, 15) is 18.3 Å². The van der Waals surface area contributed by atoms with Crippen LogP contribution in [0.25, 0.3) is 0 Å². The maximum absolute atomic E-state index is 9.49. The Balaban J connectivity index is 0. The molecule has 5 nitrogen and oxygen atoms in total. The van der Waals surface area contributed by atoms with Crippen LogP contribution in [0.15, 0.2) is 24.1 Å². The molecule has 0 saturated heterocycles. The van der Waals surface area contributed by atoms with Gasteiger partial charge in [-0.3, -0.25) is 4.55 Å². The molecule has 0 atom stereocenters. The molecule has 0 spiro atoms. The van der Waals surface area contributed by atoms with Crippen molar-refractivity contribution < 1.29 is 22.9 Å². The van der Waals surface area contributed by atoms with E-state index in [1.54, 1.807) is 0 Å². The molecule has 0 aromatic rings. The minimum absolute atomic E-state index is 0.0648. The molecule has 12 heavy (non-hydrogen) atoms. The van der Waals surface area contributed by atoms with E-state index < -0.39 is 16.1 Å². The Labute approximate surface area is 70.8 Å². The number of carboxylic acid groups (broad SMARTS) is 1. The molecule has 6 heteroatoms. The van der Waals surface area contributed by atoms with Crippen molar-refractivity contribution in [1.82, 2.24) is 0 Å². The number of hydrogen-bond acceptors (Lipinski definition) is 4. The van der Waals surface area contributed by atoms with E-state index in [0.29, 0.717) is 5.41 Å². The van der Waals surface area contributed by atoms with Gasteiger partial charge >= 0.3 is 0 Å². The largest absolute Gasteiger partial charge is 0.545 e. The van der Waals surface area contributed by atoms with Gasteiger partial charge in [0.05, 0.1) is 11.4 Å². The summed E-state index contributed by atoms with van der Waals surface area (Å²) in [6.07, 6.45) is 0. The molecular weight excluding hydrogens is 184 g/mol. The summed E-state index contributed by atoms with van der Waals surface area (Å²) in [5.74, 6) is -1.19. The second-order valence-corrected chi connectivity index (χ2v) is 3.11. The normalized spacial score (nSPS) is 9.17. The average molecular weight is 193 g/mol. The summed E-state index contributed by atoms with van der Waals surface area (Å²) >= 11 is 0. The summed E-state index contributed by atoms with van der Waals surface area (Å²) in [7, 11) is -3.90. The van der Waals surface area contributed by atoms with Crippen LogP contribution in [0.2, 0.25) is 0 Å². The zero-order valence-corrected chi connectivity index (χ0v) is 7.30. The molecule has 1 N–H and O–H groups in total. The summed E-state index contributed by atoms with van der Waals surface area (Å²) in [6, 6.07) is 0. The Bertz CT molecular complexity index is 251. The molecule has 0 bridgehead atoms. The summed E-state index contributed by atoms with van der Waals surface area (Å²) in [4.78, 5) is 9.49. The van der Waals surface area contributed by atoms with Crippen molar-refractivity contribution >= 4 is 16.1 Å². The number of rotatable bonds is 2. The SMILES string of the molecule is C=C(C)C(=O)[O-].C=CS(=O)(=O)O. The molecule has 0 aromatic carbocycles. The Morgan fingerprint density at radius 3 is 1.75 bits per heavy atom. The third-order valence-electron chi connectivity index (χ3n) is 0.559. The van der Waals surface area contributed by atoms with Gasteiger partial charge < -0.3 is 9.90 Å². The van der Waals surface area contributed by atoms with Crippen LogP contribution in [-0.2, 0) is 14.9 Å². The Morgan fingerprint density at radius 1 is 1.58 bits per heavy atom. The minimum Gasteiger partial charge on any atom is -0.545 e. The van der Waals surface area contributed by atoms with Gasteiger partial charge in [-0.1, -0.05) is 13.2 Å². The lowest BCUT2D eigenvalue weighted by Gasteiger charge is -1.93. The topological polar surface area (TPSA) is 94.5 Å². The van der Waals surface area contributed by atoms with Crippen LogP contribution in [0.5, 0.6) is 0 Å². The second-order valence-electron chi connectivity index (χ2n) is 1.75. The molecule has 0 saturated carbocycles. The van der Waals surface area contributed by atoms with Gasteiger partial charge in [-0.05, 0) is 12.5 Å². The number of carbonyl (C=O) groups excluding carboxylic acids is 1. The fourth-order valence-corrected chi connectivity index (χ4v) is 0. The fraction of sp³-hybridized carbons (Fsp3) is 0.167. The van der Waals surface area contributed by atoms with Gasteiger partial charge in [0.2, 0.25) is 0 Å². The van der Waals surface area contributed by atoms with Crippen LogP contribution in [0, 0.1) is 0 Å². The molecule has 0 amide bonds. The maximum atomic E-state index is 9.49. The molecular formula is C6H9O5S-. The third kappa shape index (κ3) is 15.9.